The van der Waals surface area contributed by atoms with Crippen LogP contribution in [0.3, 0.4) is 0 Å². The average molecular weight is 354 g/mol. The van der Waals surface area contributed by atoms with Gasteiger partial charge in [0.1, 0.15) is 11.5 Å². The topological polar surface area (TPSA) is 56.8 Å². The number of aliphatic imine (C=N–C) groups is 1. The third-order valence-electron chi connectivity index (χ3n) is 1.78. The van der Waals surface area contributed by atoms with E-state index >= 15 is 0 Å². The summed E-state index contributed by atoms with van der Waals surface area (Å²) < 4.78 is 10.2. The lowest BCUT2D eigenvalue weighted by Crippen LogP contribution is -2.04. The van der Waals surface area contributed by atoms with Crippen LogP contribution in [0.1, 0.15) is 0 Å². The lowest BCUT2D eigenvalue weighted by Gasteiger charge is -2.05. The van der Waals surface area contributed by atoms with E-state index in [0.29, 0.717) is 16.7 Å². The van der Waals surface area contributed by atoms with E-state index in [-0.39, 0.29) is 24.0 Å². The van der Waals surface area contributed by atoms with Gasteiger partial charge in [-0.1, -0.05) is 11.8 Å². The molecule has 0 aliphatic carbocycles. The second kappa shape index (κ2) is 7.61. The quantitative estimate of drug-likeness (QED) is 0.515. The monoisotopic (exact) mass is 354 g/mol. The molecule has 0 saturated carbocycles. The Kier molecular flexibility index (Phi) is 7.31. The van der Waals surface area contributed by atoms with E-state index in [1.165, 1.54) is 11.8 Å². The lowest BCUT2D eigenvalue weighted by molar-refractivity contribution is 0.394. The van der Waals surface area contributed by atoms with Gasteiger partial charge in [-0.2, -0.15) is 0 Å². The number of halogens is 1. The van der Waals surface area contributed by atoms with Gasteiger partial charge in [0, 0.05) is 18.2 Å². The maximum absolute atomic E-state index is 5.62. The van der Waals surface area contributed by atoms with E-state index in [2.05, 4.69) is 4.99 Å². The summed E-state index contributed by atoms with van der Waals surface area (Å²) in [6.07, 6.45) is 1.87. The van der Waals surface area contributed by atoms with Crippen LogP contribution in [0.5, 0.6) is 11.5 Å². The predicted octanol–water partition coefficient (Wildman–Crippen LogP) is 2.63. The molecule has 2 N–H and O–H groups in total. The first-order chi connectivity index (χ1) is 7.19. The van der Waals surface area contributed by atoms with Crippen LogP contribution in [0.2, 0.25) is 0 Å². The molecule has 4 nitrogen and oxygen atoms in total. The zero-order valence-electron chi connectivity index (χ0n) is 9.39. The molecule has 0 saturated heterocycles. The number of ether oxygens (including phenoxy) is 2. The Labute approximate surface area is 117 Å². The molecule has 0 aliphatic heterocycles. The minimum Gasteiger partial charge on any atom is -0.497 e. The summed E-state index contributed by atoms with van der Waals surface area (Å²) in [5.74, 6) is 1.39. The number of hydrogen-bond acceptors (Lipinski definition) is 4. The Hall–Kier alpha value is -0.630. The summed E-state index contributed by atoms with van der Waals surface area (Å²) in [7, 11) is 3.19. The maximum atomic E-state index is 5.62. The highest BCUT2D eigenvalue weighted by Gasteiger charge is 2.01. The maximum Gasteiger partial charge on any atom is 0.158 e. The minimum atomic E-state index is 0. The van der Waals surface area contributed by atoms with E-state index in [9.17, 15) is 0 Å². The van der Waals surface area contributed by atoms with Gasteiger partial charge in [0.25, 0.3) is 0 Å². The van der Waals surface area contributed by atoms with Gasteiger partial charge in [0.15, 0.2) is 5.17 Å². The Bertz CT molecular complexity index is 350. The number of amidine groups is 1. The molecule has 0 unspecified atom stereocenters. The molecule has 0 bridgehead atoms. The highest BCUT2D eigenvalue weighted by atomic mass is 127. The van der Waals surface area contributed by atoms with E-state index in [1.54, 1.807) is 32.4 Å². The van der Waals surface area contributed by atoms with Gasteiger partial charge in [0.2, 0.25) is 0 Å². The van der Waals surface area contributed by atoms with Crippen molar-refractivity contribution in [3.05, 3.63) is 18.2 Å². The Morgan fingerprint density at radius 1 is 1.19 bits per heavy atom. The van der Waals surface area contributed by atoms with Crippen molar-refractivity contribution in [3.8, 4) is 11.5 Å². The fraction of sp³-hybridized carbons (Fsp3) is 0.300. The fourth-order valence-electron chi connectivity index (χ4n) is 1.03. The first kappa shape index (κ1) is 15.4. The smallest absolute Gasteiger partial charge is 0.158 e. The Morgan fingerprint density at radius 3 is 2.06 bits per heavy atom. The highest BCUT2D eigenvalue weighted by Crippen LogP contribution is 2.27. The number of thioether (sulfide) groups is 1. The predicted molar refractivity (Wildman–Crippen MR) is 79.8 cm³/mol. The van der Waals surface area contributed by atoms with Gasteiger partial charge in [-0.05, 0) is 6.26 Å². The van der Waals surface area contributed by atoms with Gasteiger partial charge in [-0.15, -0.1) is 24.0 Å². The lowest BCUT2D eigenvalue weighted by atomic mass is 10.3. The molecular weight excluding hydrogens is 339 g/mol. The van der Waals surface area contributed by atoms with Crippen molar-refractivity contribution in [2.75, 3.05) is 20.5 Å². The third-order valence-corrected chi connectivity index (χ3v) is 2.29. The molecule has 1 rings (SSSR count). The summed E-state index contributed by atoms with van der Waals surface area (Å²) >= 11 is 1.39. The van der Waals surface area contributed by atoms with Crippen molar-refractivity contribution in [2.24, 2.45) is 10.7 Å². The van der Waals surface area contributed by atoms with Crippen LogP contribution in [-0.4, -0.2) is 25.6 Å². The normalized spacial score (nSPS) is 10.6. The second-order valence-corrected chi connectivity index (χ2v) is 3.55. The molecule has 1 aromatic rings. The van der Waals surface area contributed by atoms with Crippen molar-refractivity contribution in [1.82, 2.24) is 0 Å². The molecule has 0 radical (unpaired) electrons. The van der Waals surface area contributed by atoms with E-state index in [0.717, 1.165) is 5.69 Å². The zero-order chi connectivity index (χ0) is 11.3. The number of nitrogens with two attached hydrogens (primary N) is 1. The second-order valence-electron chi connectivity index (χ2n) is 2.73. The molecule has 16 heavy (non-hydrogen) atoms. The summed E-state index contributed by atoms with van der Waals surface area (Å²) in [6, 6.07) is 5.38. The van der Waals surface area contributed by atoms with Crippen LogP contribution in [0.15, 0.2) is 23.2 Å². The molecular formula is C10H15IN2O2S. The molecule has 6 heteroatoms. The van der Waals surface area contributed by atoms with E-state index in [1.807, 2.05) is 6.26 Å². The van der Waals surface area contributed by atoms with Crippen molar-refractivity contribution in [2.45, 2.75) is 0 Å². The van der Waals surface area contributed by atoms with Gasteiger partial charge in [-0.25, -0.2) is 4.99 Å². The molecule has 0 spiro atoms. The third kappa shape index (κ3) is 4.48. The van der Waals surface area contributed by atoms with Gasteiger partial charge in [0.05, 0.1) is 19.9 Å². The van der Waals surface area contributed by atoms with Crippen LogP contribution >= 0.6 is 35.7 Å². The molecule has 90 valence electrons. The number of methoxy groups -OCH3 is 2. The summed E-state index contributed by atoms with van der Waals surface area (Å²) in [5.41, 5.74) is 6.34. The first-order valence-electron chi connectivity index (χ1n) is 4.31. The highest BCUT2D eigenvalue weighted by molar-refractivity contribution is 14.0. The van der Waals surface area contributed by atoms with Crippen molar-refractivity contribution < 1.29 is 9.47 Å². The molecule has 0 atom stereocenters. The number of benzene rings is 1. The van der Waals surface area contributed by atoms with Gasteiger partial charge in [-0.3, -0.25) is 0 Å². The molecule has 0 aliphatic rings. The Morgan fingerprint density at radius 2 is 1.69 bits per heavy atom. The molecule has 1 aromatic carbocycles. The van der Waals surface area contributed by atoms with E-state index in [4.69, 9.17) is 15.2 Å². The molecule has 0 aromatic heterocycles. The van der Waals surface area contributed by atoms with Crippen LogP contribution < -0.4 is 15.2 Å². The summed E-state index contributed by atoms with van der Waals surface area (Å²) in [5, 5.41) is 0.505. The molecule has 0 heterocycles. The van der Waals surface area contributed by atoms with E-state index < -0.39 is 0 Å². The summed E-state index contributed by atoms with van der Waals surface area (Å²) in [6.45, 7) is 0. The molecule has 0 amide bonds. The first-order valence-corrected chi connectivity index (χ1v) is 5.53. The largest absolute Gasteiger partial charge is 0.497 e. The summed E-state index contributed by atoms with van der Waals surface area (Å²) in [4.78, 5) is 4.19. The zero-order valence-corrected chi connectivity index (χ0v) is 12.5. The molecule has 0 fully saturated rings. The minimum absolute atomic E-state index is 0. The average Bonchev–Trinajstić information content (AvgIpc) is 2.28. The van der Waals surface area contributed by atoms with Crippen LogP contribution in [0, 0.1) is 0 Å². The standard InChI is InChI=1S/C10H14N2O2S.HI/c1-13-8-4-7(12-10(11)15-3)5-9(6-8)14-2;/h4-6H,1-3H3,(H2,11,12);1H. The SMILES string of the molecule is COc1cc(N=C(N)SC)cc(OC)c1.I. The van der Waals surface area contributed by atoms with Gasteiger partial charge < -0.3 is 15.2 Å². The van der Waals surface area contributed by atoms with Crippen LogP contribution in [0.4, 0.5) is 5.69 Å². The van der Waals surface area contributed by atoms with Crippen LogP contribution in [0.25, 0.3) is 0 Å². The van der Waals surface area contributed by atoms with Crippen molar-refractivity contribution in [3.63, 3.8) is 0 Å². The Balaban J connectivity index is 0.00000225. The number of rotatable bonds is 3. The van der Waals surface area contributed by atoms with Crippen LogP contribution in [-0.2, 0) is 0 Å². The van der Waals surface area contributed by atoms with Crippen molar-refractivity contribution >= 4 is 46.6 Å². The number of nitrogens with zero attached hydrogens (tertiary/aromatic N) is 1. The van der Waals surface area contributed by atoms with Gasteiger partial charge >= 0.3 is 0 Å². The number of hydrogen-bond donors (Lipinski definition) is 1. The van der Waals surface area contributed by atoms with Crippen molar-refractivity contribution in [1.29, 1.82) is 0 Å². The fourth-order valence-corrected chi connectivity index (χ4v) is 1.23.